The highest BCUT2D eigenvalue weighted by molar-refractivity contribution is 8.00. The molecule has 3 rings (SSSR count). The number of nitrogens with one attached hydrogen (secondary N) is 2. The smallest absolute Gasteiger partial charge is 0.252 e. The maximum atomic E-state index is 13.1. The molecule has 6 nitrogen and oxygen atoms in total. The molecule has 0 spiro atoms. The van der Waals surface area contributed by atoms with E-state index in [1.165, 1.54) is 56.0 Å². The topological polar surface area (TPSA) is 101 Å². The molecule has 1 unspecified atom stereocenters. The number of carbonyl (C=O) groups is 3. The minimum Gasteiger partial charge on any atom is -0.369 e. The van der Waals surface area contributed by atoms with Crippen LogP contribution in [0.2, 0.25) is 0 Å². The van der Waals surface area contributed by atoms with Crippen LogP contribution in [0.15, 0.2) is 53.4 Å². The Hall–Kier alpha value is -2.87. The molecule has 2 aromatic rings. The van der Waals surface area contributed by atoms with Crippen molar-refractivity contribution in [2.75, 3.05) is 18.8 Å². The number of hydrogen-bond donors (Lipinski definition) is 3. The second-order valence-corrected chi connectivity index (χ2v) is 9.75. The number of carbonyl (C=O) groups excluding carboxylic acids is 3. The van der Waals surface area contributed by atoms with Crippen molar-refractivity contribution in [2.45, 2.75) is 43.4 Å². The summed E-state index contributed by atoms with van der Waals surface area (Å²) >= 11 is 1.31. The van der Waals surface area contributed by atoms with Crippen LogP contribution < -0.4 is 16.4 Å². The lowest BCUT2D eigenvalue weighted by atomic mass is 9.89. The standard InChI is InChI=1S/C26H32FN3O3S/c27-21-12-10-18(11-13-21)14-20(25(28)32)16-30-26(33)22-8-4-5-9-23(22)34-17-24(31)29-15-19-6-2-1-3-7-19/h4-5,8-13,19-20H,1-3,6-7,14-17H2,(H2,28,32)(H,29,31)(H,30,33). The quantitative estimate of drug-likeness (QED) is 0.423. The Morgan fingerprint density at radius 1 is 1.00 bits per heavy atom. The molecular weight excluding hydrogens is 453 g/mol. The number of hydrogen-bond acceptors (Lipinski definition) is 4. The average molecular weight is 486 g/mol. The van der Waals surface area contributed by atoms with Crippen LogP contribution >= 0.6 is 11.8 Å². The molecule has 0 heterocycles. The first kappa shape index (κ1) is 25.7. The Morgan fingerprint density at radius 3 is 2.41 bits per heavy atom. The lowest BCUT2D eigenvalue weighted by Crippen LogP contribution is -2.37. The molecule has 2 aromatic carbocycles. The molecule has 0 aromatic heterocycles. The number of rotatable bonds is 11. The minimum atomic E-state index is -0.625. The fourth-order valence-electron chi connectivity index (χ4n) is 4.11. The van der Waals surface area contributed by atoms with Crippen molar-refractivity contribution in [3.63, 3.8) is 0 Å². The van der Waals surface area contributed by atoms with Gasteiger partial charge in [-0.1, -0.05) is 43.5 Å². The van der Waals surface area contributed by atoms with Crippen LogP contribution in [0, 0.1) is 17.7 Å². The Bertz CT molecular complexity index is 978. The summed E-state index contributed by atoms with van der Waals surface area (Å²) in [6.07, 6.45) is 6.39. The van der Waals surface area contributed by atoms with E-state index < -0.39 is 11.8 Å². The highest BCUT2D eigenvalue weighted by atomic mass is 32.2. The van der Waals surface area contributed by atoms with Gasteiger partial charge in [0.25, 0.3) is 5.91 Å². The van der Waals surface area contributed by atoms with E-state index in [0.717, 1.165) is 5.56 Å². The van der Waals surface area contributed by atoms with Crippen molar-refractivity contribution in [1.82, 2.24) is 10.6 Å². The summed E-state index contributed by atoms with van der Waals surface area (Å²) in [4.78, 5) is 37.7. The summed E-state index contributed by atoms with van der Waals surface area (Å²) in [5.74, 6) is -1.11. The first-order valence-corrected chi connectivity index (χ1v) is 12.7. The van der Waals surface area contributed by atoms with Crippen molar-refractivity contribution in [2.24, 2.45) is 17.6 Å². The lowest BCUT2D eigenvalue weighted by Gasteiger charge is -2.21. The number of benzene rings is 2. The Labute approximate surface area is 204 Å². The molecule has 1 atom stereocenters. The van der Waals surface area contributed by atoms with Crippen molar-refractivity contribution in [1.29, 1.82) is 0 Å². The fourth-order valence-corrected chi connectivity index (χ4v) is 4.99. The minimum absolute atomic E-state index is 0.0427. The van der Waals surface area contributed by atoms with Crippen LogP contribution in [0.1, 0.15) is 48.0 Å². The van der Waals surface area contributed by atoms with E-state index >= 15 is 0 Å². The molecule has 34 heavy (non-hydrogen) atoms. The Balaban J connectivity index is 1.51. The third kappa shape index (κ3) is 8.17. The molecule has 182 valence electrons. The summed E-state index contributed by atoms with van der Waals surface area (Å²) < 4.78 is 13.1. The molecule has 0 saturated heterocycles. The first-order chi connectivity index (χ1) is 16.4. The van der Waals surface area contributed by atoms with Gasteiger partial charge >= 0.3 is 0 Å². The Kier molecular flexibility index (Phi) is 9.94. The molecule has 1 fully saturated rings. The zero-order valence-electron chi connectivity index (χ0n) is 19.2. The van der Waals surface area contributed by atoms with Crippen LogP contribution in [0.25, 0.3) is 0 Å². The van der Waals surface area contributed by atoms with Crippen molar-refractivity contribution < 1.29 is 18.8 Å². The lowest BCUT2D eigenvalue weighted by molar-refractivity contribution is -0.121. The maximum absolute atomic E-state index is 13.1. The molecule has 3 amide bonds. The molecule has 0 bridgehead atoms. The highest BCUT2D eigenvalue weighted by Crippen LogP contribution is 2.24. The summed E-state index contributed by atoms with van der Waals surface area (Å²) in [6, 6.07) is 12.9. The number of amides is 3. The second-order valence-electron chi connectivity index (χ2n) is 8.73. The molecule has 1 aliphatic carbocycles. The van der Waals surface area contributed by atoms with Crippen LogP contribution in [-0.4, -0.2) is 36.6 Å². The predicted octanol–water partition coefficient (Wildman–Crippen LogP) is 3.69. The van der Waals surface area contributed by atoms with E-state index in [1.54, 1.807) is 30.3 Å². The van der Waals surface area contributed by atoms with E-state index in [4.69, 9.17) is 5.73 Å². The zero-order chi connectivity index (χ0) is 24.3. The maximum Gasteiger partial charge on any atom is 0.252 e. The van der Waals surface area contributed by atoms with Crippen molar-refractivity contribution in [3.8, 4) is 0 Å². The molecule has 4 N–H and O–H groups in total. The fraction of sp³-hybridized carbons (Fsp3) is 0.423. The van der Waals surface area contributed by atoms with Gasteiger partial charge < -0.3 is 16.4 Å². The van der Waals surface area contributed by atoms with E-state index in [9.17, 15) is 18.8 Å². The predicted molar refractivity (Wildman–Crippen MR) is 132 cm³/mol. The van der Waals surface area contributed by atoms with Gasteiger partial charge in [-0.2, -0.15) is 0 Å². The van der Waals surface area contributed by atoms with Crippen molar-refractivity contribution in [3.05, 3.63) is 65.5 Å². The monoisotopic (exact) mass is 485 g/mol. The van der Waals surface area contributed by atoms with Gasteiger partial charge in [0.15, 0.2) is 0 Å². The Morgan fingerprint density at radius 2 is 1.71 bits per heavy atom. The van der Waals surface area contributed by atoms with Gasteiger partial charge in [-0.3, -0.25) is 14.4 Å². The van der Waals surface area contributed by atoms with Crippen LogP contribution in [-0.2, 0) is 16.0 Å². The third-order valence-electron chi connectivity index (χ3n) is 6.11. The van der Waals surface area contributed by atoms with E-state index in [1.807, 2.05) is 6.07 Å². The van der Waals surface area contributed by atoms with Gasteiger partial charge in [0, 0.05) is 18.0 Å². The summed E-state index contributed by atoms with van der Waals surface area (Å²) in [7, 11) is 0. The number of nitrogens with two attached hydrogens (primary N) is 1. The highest BCUT2D eigenvalue weighted by Gasteiger charge is 2.20. The van der Waals surface area contributed by atoms with Gasteiger partial charge in [-0.05, 0) is 55.0 Å². The van der Waals surface area contributed by atoms with Gasteiger partial charge in [-0.15, -0.1) is 11.8 Å². The average Bonchev–Trinajstić information content (AvgIpc) is 2.85. The van der Waals surface area contributed by atoms with Gasteiger partial charge in [0.1, 0.15) is 5.82 Å². The number of thioether (sulfide) groups is 1. The molecule has 0 aliphatic heterocycles. The van der Waals surface area contributed by atoms with Crippen molar-refractivity contribution >= 4 is 29.5 Å². The second kappa shape index (κ2) is 13.1. The molecule has 0 radical (unpaired) electrons. The van der Waals surface area contributed by atoms with Crippen LogP contribution in [0.5, 0.6) is 0 Å². The molecule has 1 saturated carbocycles. The normalized spacial score (nSPS) is 14.9. The third-order valence-corrected chi connectivity index (χ3v) is 7.18. The SMILES string of the molecule is NC(=O)C(CNC(=O)c1ccccc1SCC(=O)NCC1CCCCC1)Cc1ccc(F)cc1. The van der Waals surface area contributed by atoms with E-state index in [-0.39, 0.29) is 29.9 Å². The summed E-state index contributed by atoms with van der Waals surface area (Å²) in [5, 5.41) is 5.80. The molecule has 1 aliphatic rings. The van der Waals surface area contributed by atoms with Gasteiger partial charge in [-0.25, -0.2) is 4.39 Å². The number of primary amides is 1. The van der Waals surface area contributed by atoms with Gasteiger partial charge in [0.2, 0.25) is 11.8 Å². The van der Waals surface area contributed by atoms with E-state index in [2.05, 4.69) is 10.6 Å². The first-order valence-electron chi connectivity index (χ1n) is 11.7. The summed E-state index contributed by atoms with van der Waals surface area (Å²) in [5.41, 5.74) is 6.72. The largest absolute Gasteiger partial charge is 0.369 e. The summed E-state index contributed by atoms with van der Waals surface area (Å²) in [6.45, 7) is 0.774. The van der Waals surface area contributed by atoms with Gasteiger partial charge in [0.05, 0.1) is 17.2 Å². The number of halogens is 1. The molecule has 8 heteroatoms. The van der Waals surface area contributed by atoms with Crippen LogP contribution in [0.3, 0.4) is 0 Å². The van der Waals surface area contributed by atoms with Crippen LogP contribution in [0.4, 0.5) is 4.39 Å². The van der Waals surface area contributed by atoms with E-state index in [0.29, 0.717) is 29.3 Å². The zero-order valence-corrected chi connectivity index (χ0v) is 20.0. The molecular formula is C26H32FN3O3S.